The van der Waals surface area contributed by atoms with Gasteiger partial charge in [-0.05, 0) is 42.6 Å². The molecule has 0 N–H and O–H groups in total. The van der Waals surface area contributed by atoms with E-state index in [1.165, 1.54) is 29.2 Å². The van der Waals surface area contributed by atoms with Gasteiger partial charge in [0, 0.05) is 5.56 Å². The van der Waals surface area contributed by atoms with E-state index in [-0.39, 0.29) is 5.25 Å². The molecule has 2 aromatic carbocycles. The minimum atomic E-state index is -0.395. The molecule has 0 saturated carbocycles. The first-order chi connectivity index (χ1) is 15.6. The van der Waals surface area contributed by atoms with Crippen LogP contribution in [0.2, 0.25) is 5.02 Å². The van der Waals surface area contributed by atoms with Crippen LogP contribution in [-0.2, 0) is 0 Å². The van der Waals surface area contributed by atoms with Gasteiger partial charge in [0.05, 0.1) is 20.8 Å². The van der Waals surface area contributed by atoms with Gasteiger partial charge in [-0.3, -0.25) is 4.57 Å². The fourth-order valence-electron chi connectivity index (χ4n) is 3.12. The van der Waals surface area contributed by atoms with Crippen LogP contribution in [0.1, 0.15) is 18.1 Å². The number of aromatic nitrogens is 5. The lowest BCUT2D eigenvalue weighted by Crippen LogP contribution is -2.03. The maximum absolute atomic E-state index is 14.8. The molecular formula is C22H15ClFN5OS2. The van der Waals surface area contributed by atoms with Crippen molar-refractivity contribution in [2.24, 2.45) is 0 Å². The zero-order chi connectivity index (χ0) is 22.1. The summed E-state index contributed by atoms with van der Waals surface area (Å²) in [7, 11) is 0. The summed E-state index contributed by atoms with van der Waals surface area (Å²) in [6, 6.07) is 17.6. The third-order valence-electron chi connectivity index (χ3n) is 4.64. The van der Waals surface area contributed by atoms with Crippen LogP contribution in [0.4, 0.5) is 4.39 Å². The lowest BCUT2D eigenvalue weighted by atomic mass is 10.2. The standard InChI is InChI=1S/C22H15ClFN5OS2/c1-13(20-26-27-21(30-20)18-11-6-12-31-18)32-22-28-25-19(14-7-2-3-8-15(14)23)29(22)17-10-5-4-9-16(17)24/h2-13H,1H3. The van der Waals surface area contributed by atoms with E-state index in [9.17, 15) is 4.39 Å². The Bertz CT molecular complexity index is 1370. The highest BCUT2D eigenvalue weighted by Gasteiger charge is 2.24. The molecule has 3 aromatic heterocycles. The number of hydrogen-bond donors (Lipinski definition) is 0. The number of halogens is 2. The number of thiophene rings is 1. The monoisotopic (exact) mass is 483 g/mol. The Morgan fingerprint density at radius 2 is 1.81 bits per heavy atom. The molecule has 3 heterocycles. The van der Waals surface area contributed by atoms with E-state index in [0.717, 1.165) is 4.88 Å². The van der Waals surface area contributed by atoms with E-state index in [4.69, 9.17) is 16.0 Å². The summed E-state index contributed by atoms with van der Waals surface area (Å²) in [5.41, 5.74) is 0.981. The number of thioether (sulfide) groups is 1. The van der Waals surface area contributed by atoms with Gasteiger partial charge in [-0.25, -0.2) is 4.39 Å². The summed E-state index contributed by atoms with van der Waals surface area (Å²) in [4.78, 5) is 0.900. The SMILES string of the molecule is CC(Sc1nnc(-c2ccccc2Cl)n1-c1ccccc1F)c1nnc(-c2cccs2)o1. The molecule has 0 spiro atoms. The third-order valence-corrected chi connectivity index (χ3v) is 6.86. The molecule has 5 aromatic rings. The van der Waals surface area contributed by atoms with Crippen LogP contribution < -0.4 is 0 Å². The number of para-hydroxylation sites is 1. The molecule has 0 fully saturated rings. The highest BCUT2D eigenvalue weighted by Crippen LogP contribution is 2.39. The Balaban J connectivity index is 1.54. The van der Waals surface area contributed by atoms with E-state index < -0.39 is 5.82 Å². The van der Waals surface area contributed by atoms with Gasteiger partial charge in [-0.1, -0.05) is 53.7 Å². The third kappa shape index (κ3) is 3.94. The highest BCUT2D eigenvalue weighted by atomic mass is 35.5. The van der Waals surface area contributed by atoms with Crippen molar-refractivity contribution < 1.29 is 8.81 Å². The molecule has 1 unspecified atom stereocenters. The molecule has 0 radical (unpaired) electrons. The Morgan fingerprint density at radius 1 is 1.00 bits per heavy atom. The number of benzene rings is 2. The van der Waals surface area contributed by atoms with Crippen LogP contribution in [0.5, 0.6) is 0 Å². The van der Waals surface area contributed by atoms with Crippen molar-refractivity contribution in [2.45, 2.75) is 17.3 Å². The van der Waals surface area contributed by atoms with Gasteiger partial charge in [0.1, 0.15) is 5.82 Å². The van der Waals surface area contributed by atoms with Gasteiger partial charge in [0.2, 0.25) is 5.89 Å². The minimum absolute atomic E-state index is 0.245. The van der Waals surface area contributed by atoms with Gasteiger partial charge in [-0.2, -0.15) is 0 Å². The molecule has 0 aliphatic heterocycles. The quantitative estimate of drug-likeness (QED) is 0.250. The Morgan fingerprint density at radius 3 is 2.59 bits per heavy atom. The average Bonchev–Trinajstić information content (AvgIpc) is 3.55. The second kappa shape index (κ2) is 8.85. The summed E-state index contributed by atoms with van der Waals surface area (Å²) >= 11 is 9.28. The zero-order valence-corrected chi connectivity index (χ0v) is 19.0. The van der Waals surface area contributed by atoms with Crippen LogP contribution in [0.25, 0.3) is 27.8 Å². The summed E-state index contributed by atoms with van der Waals surface area (Å²) < 4.78 is 22.3. The van der Waals surface area contributed by atoms with E-state index in [1.807, 2.05) is 42.6 Å². The zero-order valence-electron chi connectivity index (χ0n) is 16.6. The molecule has 0 aliphatic carbocycles. The van der Waals surface area contributed by atoms with Crippen LogP contribution in [-0.4, -0.2) is 25.0 Å². The van der Waals surface area contributed by atoms with Crippen molar-refractivity contribution in [1.82, 2.24) is 25.0 Å². The van der Waals surface area contributed by atoms with Crippen molar-refractivity contribution in [1.29, 1.82) is 0 Å². The van der Waals surface area contributed by atoms with E-state index in [1.54, 1.807) is 28.8 Å². The first kappa shape index (κ1) is 20.9. The second-order valence-corrected chi connectivity index (χ2v) is 9.42. The molecule has 160 valence electrons. The van der Waals surface area contributed by atoms with Crippen LogP contribution >= 0.6 is 34.7 Å². The lowest BCUT2D eigenvalue weighted by Gasteiger charge is -2.13. The number of hydrogen-bond acceptors (Lipinski definition) is 7. The molecule has 0 amide bonds. The maximum Gasteiger partial charge on any atom is 0.257 e. The van der Waals surface area contributed by atoms with Gasteiger partial charge in [0.25, 0.3) is 5.89 Å². The van der Waals surface area contributed by atoms with Crippen molar-refractivity contribution in [2.75, 3.05) is 0 Å². The predicted octanol–water partition coefficient (Wildman–Crippen LogP) is 6.69. The van der Waals surface area contributed by atoms with Gasteiger partial charge < -0.3 is 4.42 Å². The van der Waals surface area contributed by atoms with Crippen molar-refractivity contribution in [3.05, 3.63) is 82.8 Å². The van der Waals surface area contributed by atoms with Crippen LogP contribution in [0, 0.1) is 5.82 Å². The lowest BCUT2D eigenvalue weighted by molar-refractivity contribution is 0.510. The maximum atomic E-state index is 14.8. The van der Waals surface area contributed by atoms with Gasteiger partial charge in [-0.15, -0.1) is 31.7 Å². The highest BCUT2D eigenvalue weighted by molar-refractivity contribution is 7.99. The molecular weight excluding hydrogens is 469 g/mol. The Hall–Kier alpha value is -3.01. The van der Waals surface area contributed by atoms with Crippen molar-refractivity contribution in [3.63, 3.8) is 0 Å². The molecule has 32 heavy (non-hydrogen) atoms. The van der Waals surface area contributed by atoms with Crippen LogP contribution in [0.15, 0.2) is 75.6 Å². The molecule has 0 aliphatic rings. The van der Waals surface area contributed by atoms with Crippen LogP contribution in [0.3, 0.4) is 0 Å². The summed E-state index contributed by atoms with van der Waals surface area (Å²) in [6.45, 7) is 1.92. The minimum Gasteiger partial charge on any atom is -0.419 e. The molecule has 5 rings (SSSR count). The summed E-state index contributed by atoms with van der Waals surface area (Å²) in [5, 5.41) is 19.7. The topological polar surface area (TPSA) is 69.6 Å². The smallest absolute Gasteiger partial charge is 0.257 e. The predicted molar refractivity (Wildman–Crippen MR) is 124 cm³/mol. The fraction of sp³-hybridized carbons (Fsp3) is 0.0909. The van der Waals surface area contributed by atoms with Crippen molar-refractivity contribution >= 4 is 34.7 Å². The van der Waals surface area contributed by atoms with Gasteiger partial charge >= 0.3 is 0 Å². The number of nitrogens with zero attached hydrogens (tertiary/aromatic N) is 5. The molecule has 0 saturated heterocycles. The van der Waals surface area contributed by atoms with E-state index in [2.05, 4.69) is 20.4 Å². The largest absolute Gasteiger partial charge is 0.419 e. The fourth-order valence-corrected chi connectivity index (χ4v) is 4.88. The first-order valence-electron chi connectivity index (χ1n) is 9.61. The van der Waals surface area contributed by atoms with Gasteiger partial charge in [0.15, 0.2) is 11.0 Å². The molecule has 10 heteroatoms. The average molecular weight is 484 g/mol. The van der Waals surface area contributed by atoms with E-state index >= 15 is 0 Å². The first-order valence-corrected chi connectivity index (χ1v) is 11.7. The normalized spacial score (nSPS) is 12.2. The Kier molecular flexibility index (Phi) is 5.77. The summed E-state index contributed by atoms with van der Waals surface area (Å²) in [6.07, 6.45) is 0. The Labute approximate surface area is 196 Å². The number of rotatable bonds is 6. The van der Waals surface area contributed by atoms with Crippen molar-refractivity contribution in [3.8, 4) is 27.8 Å². The van der Waals surface area contributed by atoms with E-state index in [0.29, 0.717) is 39.0 Å². The second-order valence-electron chi connectivity index (χ2n) is 6.76. The molecule has 0 bridgehead atoms. The summed E-state index contributed by atoms with van der Waals surface area (Å²) in [5.74, 6) is 0.962. The molecule has 6 nitrogen and oxygen atoms in total. The molecule has 1 atom stereocenters.